The molecule has 0 amide bonds. The molecule has 0 radical (unpaired) electrons. The number of carboxylic acid groups (broad SMARTS) is 1. The van der Waals surface area contributed by atoms with Gasteiger partial charge in [-0.15, -0.1) is 0 Å². The Morgan fingerprint density at radius 3 is 2.54 bits per heavy atom. The first-order valence-corrected chi connectivity index (χ1v) is 4.62. The number of rotatable bonds is 2. The summed E-state index contributed by atoms with van der Waals surface area (Å²) in [4.78, 5) is 10.7. The summed E-state index contributed by atoms with van der Waals surface area (Å²) in [6.07, 6.45) is 6.61. The highest BCUT2D eigenvalue weighted by molar-refractivity contribution is 5.70. The predicted molar refractivity (Wildman–Crippen MR) is 48.4 cm³/mol. The molecule has 1 aromatic heterocycles. The zero-order chi connectivity index (χ0) is 9.26. The van der Waals surface area contributed by atoms with Crippen molar-refractivity contribution in [2.45, 2.75) is 25.3 Å². The second-order valence-electron chi connectivity index (χ2n) is 3.63. The van der Waals surface area contributed by atoms with E-state index in [-0.39, 0.29) is 5.92 Å². The summed E-state index contributed by atoms with van der Waals surface area (Å²) in [6.45, 7) is 0. The molecule has 1 fully saturated rings. The van der Waals surface area contributed by atoms with Gasteiger partial charge in [-0.05, 0) is 31.4 Å². The Morgan fingerprint density at radius 2 is 2.00 bits per heavy atom. The molecule has 1 saturated carbocycles. The second kappa shape index (κ2) is 3.24. The zero-order valence-corrected chi connectivity index (χ0v) is 7.39. The van der Waals surface area contributed by atoms with Crippen molar-refractivity contribution in [3.63, 3.8) is 0 Å². The van der Waals surface area contributed by atoms with E-state index in [2.05, 4.69) is 4.57 Å². The Bertz CT molecular complexity index is 292. The number of carboxylic acids is 1. The normalized spacial score (nSPS) is 27.7. The van der Waals surface area contributed by atoms with Gasteiger partial charge in [-0.2, -0.15) is 0 Å². The van der Waals surface area contributed by atoms with E-state index in [0.29, 0.717) is 6.04 Å². The molecule has 2 rings (SSSR count). The minimum atomic E-state index is -0.644. The summed E-state index contributed by atoms with van der Waals surface area (Å²) in [5.74, 6) is -0.776. The van der Waals surface area contributed by atoms with Gasteiger partial charge in [-0.25, -0.2) is 0 Å². The molecule has 1 heterocycles. The molecule has 3 nitrogen and oxygen atoms in total. The SMILES string of the molecule is O=C(O)[C@@H]1CC[C@H](n2cccc2)C1. The van der Waals surface area contributed by atoms with Crippen LogP contribution in [-0.4, -0.2) is 15.6 Å². The summed E-state index contributed by atoms with van der Waals surface area (Å²) in [7, 11) is 0. The third-order valence-electron chi connectivity index (χ3n) is 2.80. The Kier molecular flexibility index (Phi) is 2.08. The smallest absolute Gasteiger partial charge is 0.306 e. The second-order valence-corrected chi connectivity index (χ2v) is 3.63. The molecule has 0 bridgehead atoms. The van der Waals surface area contributed by atoms with Crippen LogP contribution in [0.1, 0.15) is 25.3 Å². The highest BCUT2D eigenvalue weighted by Gasteiger charge is 2.29. The molecule has 1 aliphatic rings. The van der Waals surface area contributed by atoms with Crippen molar-refractivity contribution in [1.29, 1.82) is 0 Å². The molecule has 0 saturated heterocycles. The lowest BCUT2D eigenvalue weighted by molar-refractivity contribution is -0.141. The average Bonchev–Trinajstić information content (AvgIpc) is 2.75. The molecule has 1 N–H and O–H groups in total. The van der Waals surface area contributed by atoms with Gasteiger partial charge in [0.25, 0.3) is 0 Å². The highest BCUT2D eigenvalue weighted by atomic mass is 16.4. The third-order valence-corrected chi connectivity index (χ3v) is 2.80. The summed E-state index contributed by atoms with van der Waals surface area (Å²) in [5, 5.41) is 8.82. The molecule has 1 aromatic rings. The van der Waals surface area contributed by atoms with Gasteiger partial charge in [0.15, 0.2) is 0 Å². The van der Waals surface area contributed by atoms with Gasteiger partial charge < -0.3 is 9.67 Å². The molecule has 2 atom stereocenters. The molecule has 0 aromatic carbocycles. The third kappa shape index (κ3) is 1.59. The van der Waals surface area contributed by atoms with E-state index in [4.69, 9.17) is 5.11 Å². The number of nitrogens with zero attached hydrogens (tertiary/aromatic N) is 1. The predicted octanol–water partition coefficient (Wildman–Crippen LogP) is 1.91. The van der Waals surface area contributed by atoms with E-state index in [1.165, 1.54) is 0 Å². The standard InChI is InChI=1S/C10H13NO2/c12-10(13)8-3-4-9(7-8)11-5-1-2-6-11/h1-2,5-6,8-9H,3-4,7H2,(H,12,13)/t8-,9+/m1/s1. The molecule has 1 aliphatic carbocycles. The van der Waals surface area contributed by atoms with Gasteiger partial charge in [-0.1, -0.05) is 0 Å². The number of carbonyl (C=O) groups is 1. The summed E-state index contributed by atoms with van der Waals surface area (Å²) < 4.78 is 2.11. The Labute approximate surface area is 77.0 Å². The van der Waals surface area contributed by atoms with Crippen LogP contribution in [0.2, 0.25) is 0 Å². The molecule has 0 unspecified atom stereocenters. The van der Waals surface area contributed by atoms with Crippen LogP contribution in [0, 0.1) is 5.92 Å². The van der Waals surface area contributed by atoms with Crippen molar-refractivity contribution in [2.75, 3.05) is 0 Å². The number of aromatic nitrogens is 1. The van der Waals surface area contributed by atoms with Gasteiger partial charge in [0.1, 0.15) is 0 Å². The van der Waals surface area contributed by atoms with E-state index in [1.54, 1.807) is 0 Å². The lowest BCUT2D eigenvalue weighted by Gasteiger charge is -2.11. The van der Waals surface area contributed by atoms with Crippen molar-refractivity contribution in [3.05, 3.63) is 24.5 Å². The number of hydrogen-bond donors (Lipinski definition) is 1. The maximum Gasteiger partial charge on any atom is 0.306 e. The lowest BCUT2D eigenvalue weighted by atomic mass is 10.1. The molecule has 0 spiro atoms. The van der Waals surface area contributed by atoms with Crippen molar-refractivity contribution >= 4 is 5.97 Å². The first-order valence-electron chi connectivity index (χ1n) is 4.62. The van der Waals surface area contributed by atoms with E-state index in [0.717, 1.165) is 19.3 Å². The van der Waals surface area contributed by atoms with E-state index in [1.807, 2.05) is 24.5 Å². The van der Waals surface area contributed by atoms with Crippen molar-refractivity contribution < 1.29 is 9.90 Å². The van der Waals surface area contributed by atoms with Crippen LogP contribution >= 0.6 is 0 Å². The fourth-order valence-electron chi connectivity index (χ4n) is 2.04. The molecular weight excluding hydrogens is 166 g/mol. The minimum Gasteiger partial charge on any atom is -0.481 e. The zero-order valence-electron chi connectivity index (χ0n) is 7.39. The van der Waals surface area contributed by atoms with Crippen molar-refractivity contribution in [3.8, 4) is 0 Å². The van der Waals surface area contributed by atoms with Crippen LogP contribution in [0.5, 0.6) is 0 Å². The Morgan fingerprint density at radius 1 is 1.31 bits per heavy atom. The van der Waals surface area contributed by atoms with Crippen LogP contribution in [0.25, 0.3) is 0 Å². The van der Waals surface area contributed by atoms with Crippen LogP contribution in [0.3, 0.4) is 0 Å². The largest absolute Gasteiger partial charge is 0.481 e. The van der Waals surface area contributed by atoms with E-state index < -0.39 is 5.97 Å². The molecule has 70 valence electrons. The van der Waals surface area contributed by atoms with Crippen LogP contribution < -0.4 is 0 Å². The van der Waals surface area contributed by atoms with Crippen LogP contribution in [0.4, 0.5) is 0 Å². The van der Waals surface area contributed by atoms with Crippen molar-refractivity contribution in [1.82, 2.24) is 4.57 Å². The fourth-order valence-corrected chi connectivity index (χ4v) is 2.04. The summed E-state index contributed by atoms with van der Waals surface area (Å²) in [5.41, 5.74) is 0. The van der Waals surface area contributed by atoms with Gasteiger partial charge in [0, 0.05) is 18.4 Å². The topological polar surface area (TPSA) is 42.2 Å². The van der Waals surface area contributed by atoms with Gasteiger partial charge in [-0.3, -0.25) is 4.79 Å². The fraction of sp³-hybridized carbons (Fsp3) is 0.500. The van der Waals surface area contributed by atoms with Crippen molar-refractivity contribution in [2.24, 2.45) is 5.92 Å². The summed E-state index contributed by atoms with van der Waals surface area (Å²) in [6, 6.07) is 4.36. The molecular formula is C10H13NO2. The first kappa shape index (κ1) is 8.35. The number of hydrogen-bond acceptors (Lipinski definition) is 1. The quantitative estimate of drug-likeness (QED) is 0.753. The van der Waals surface area contributed by atoms with E-state index in [9.17, 15) is 4.79 Å². The van der Waals surface area contributed by atoms with Gasteiger partial charge in [0.2, 0.25) is 0 Å². The Balaban J connectivity index is 2.03. The maximum absolute atomic E-state index is 10.7. The van der Waals surface area contributed by atoms with Crippen LogP contribution in [0.15, 0.2) is 24.5 Å². The lowest BCUT2D eigenvalue weighted by Crippen LogP contribution is -2.10. The summed E-state index contributed by atoms with van der Waals surface area (Å²) >= 11 is 0. The highest BCUT2D eigenvalue weighted by Crippen LogP contribution is 2.34. The molecule has 0 aliphatic heterocycles. The number of aliphatic carboxylic acids is 1. The average molecular weight is 179 g/mol. The monoisotopic (exact) mass is 179 g/mol. The minimum absolute atomic E-state index is 0.132. The van der Waals surface area contributed by atoms with Gasteiger partial charge in [0.05, 0.1) is 5.92 Å². The van der Waals surface area contributed by atoms with Gasteiger partial charge >= 0.3 is 5.97 Å². The maximum atomic E-state index is 10.7. The Hall–Kier alpha value is -1.25. The molecule has 13 heavy (non-hydrogen) atoms. The molecule has 3 heteroatoms. The first-order chi connectivity index (χ1) is 6.27. The van der Waals surface area contributed by atoms with Crippen LogP contribution in [-0.2, 0) is 4.79 Å². The van der Waals surface area contributed by atoms with E-state index >= 15 is 0 Å².